The van der Waals surface area contributed by atoms with E-state index in [0.29, 0.717) is 30.5 Å². The van der Waals surface area contributed by atoms with Gasteiger partial charge in [-0.05, 0) is 57.0 Å². The van der Waals surface area contributed by atoms with Crippen LogP contribution < -0.4 is 10.6 Å². The van der Waals surface area contributed by atoms with Gasteiger partial charge >= 0.3 is 0 Å². The number of carbonyl (C=O) groups excluding carboxylic acids is 2. The van der Waals surface area contributed by atoms with Crippen LogP contribution in [0.2, 0.25) is 0 Å². The first-order valence-corrected chi connectivity index (χ1v) is 10.3. The van der Waals surface area contributed by atoms with E-state index < -0.39 is 0 Å². The predicted octanol–water partition coefficient (Wildman–Crippen LogP) is 2.89. The van der Waals surface area contributed by atoms with Gasteiger partial charge in [0, 0.05) is 25.3 Å². The number of amides is 2. The lowest BCUT2D eigenvalue weighted by atomic mass is 10.0. The molecule has 29 heavy (non-hydrogen) atoms. The third-order valence-corrected chi connectivity index (χ3v) is 5.22. The first-order valence-electron chi connectivity index (χ1n) is 10.3. The van der Waals surface area contributed by atoms with Gasteiger partial charge in [0.2, 0.25) is 0 Å². The highest BCUT2D eigenvalue weighted by molar-refractivity contribution is 6.03. The Labute approximate surface area is 172 Å². The molecule has 0 fully saturated rings. The molecule has 3 rings (SSSR count). The third-order valence-electron chi connectivity index (χ3n) is 5.22. The van der Waals surface area contributed by atoms with Crippen LogP contribution in [-0.4, -0.2) is 53.5 Å². The van der Waals surface area contributed by atoms with Gasteiger partial charge in [-0.3, -0.25) is 9.59 Å². The molecule has 0 saturated carbocycles. The summed E-state index contributed by atoms with van der Waals surface area (Å²) in [5.41, 5.74) is 3.19. The van der Waals surface area contributed by atoms with Crippen molar-refractivity contribution in [3.63, 3.8) is 0 Å². The number of rotatable bonds is 7. The Balaban J connectivity index is 1.78. The molecular formula is C22H31N5O2. The minimum Gasteiger partial charge on any atom is -0.349 e. The Hall–Kier alpha value is -2.67. The molecule has 0 saturated heterocycles. The zero-order chi connectivity index (χ0) is 21.0. The summed E-state index contributed by atoms with van der Waals surface area (Å²) in [4.78, 5) is 32.0. The Morgan fingerprint density at radius 2 is 1.86 bits per heavy atom. The van der Waals surface area contributed by atoms with Crippen molar-refractivity contribution in [3.05, 3.63) is 47.0 Å². The Bertz CT molecular complexity index is 868. The molecule has 7 nitrogen and oxygen atoms in total. The summed E-state index contributed by atoms with van der Waals surface area (Å²) in [5, 5.41) is 5.84. The van der Waals surface area contributed by atoms with Crippen molar-refractivity contribution < 1.29 is 9.59 Å². The standard InChI is InChI=1S/C22H31N5O2/c1-15(2)16-8-10-17(11-9-16)24-22(29)20-25-19(18-7-5-6-13-27(18)20)21(28)23-12-14-26(3)4/h8-11,15H,5-7,12-14H2,1-4H3,(H,23,28)(H,24,29). The van der Waals surface area contributed by atoms with Crippen molar-refractivity contribution in [3.8, 4) is 0 Å². The van der Waals surface area contributed by atoms with Gasteiger partial charge in [-0.25, -0.2) is 4.98 Å². The number of carbonyl (C=O) groups is 2. The number of nitrogens with zero attached hydrogens (tertiary/aromatic N) is 3. The molecule has 0 bridgehead atoms. The number of hydrogen-bond acceptors (Lipinski definition) is 4. The molecule has 156 valence electrons. The highest BCUT2D eigenvalue weighted by Gasteiger charge is 2.27. The van der Waals surface area contributed by atoms with Gasteiger partial charge in [0.15, 0.2) is 5.82 Å². The van der Waals surface area contributed by atoms with E-state index in [4.69, 9.17) is 0 Å². The lowest BCUT2D eigenvalue weighted by molar-refractivity contribution is 0.0945. The maximum absolute atomic E-state index is 12.9. The van der Waals surface area contributed by atoms with Crippen molar-refractivity contribution >= 4 is 17.5 Å². The summed E-state index contributed by atoms with van der Waals surface area (Å²) in [6.07, 6.45) is 2.75. The predicted molar refractivity (Wildman–Crippen MR) is 115 cm³/mol. The molecule has 0 atom stereocenters. The van der Waals surface area contributed by atoms with Gasteiger partial charge in [0.25, 0.3) is 11.8 Å². The summed E-state index contributed by atoms with van der Waals surface area (Å²) in [7, 11) is 3.92. The number of fused-ring (bicyclic) bond motifs is 1. The maximum atomic E-state index is 12.9. The second-order valence-electron chi connectivity index (χ2n) is 8.13. The monoisotopic (exact) mass is 397 g/mol. The Kier molecular flexibility index (Phi) is 6.69. The largest absolute Gasteiger partial charge is 0.349 e. The number of likely N-dealkylation sites (N-methyl/N-ethyl adjacent to an activating group) is 1. The van der Waals surface area contributed by atoms with Crippen LogP contribution in [0.3, 0.4) is 0 Å². The molecule has 7 heteroatoms. The van der Waals surface area contributed by atoms with Crippen LogP contribution >= 0.6 is 0 Å². The molecule has 2 aromatic rings. The minimum absolute atomic E-state index is 0.210. The van der Waals surface area contributed by atoms with Gasteiger partial charge in [-0.1, -0.05) is 26.0 Å². The van der Waals surface area contributed by atoms with Crippen LogP contribution in [0.5, 0.6) is 0 Å². The van der Waals surface area contributed by atoms with E-state index in [1.54, 1.807) is 0 Å². The molecule has 1 aromatic heterocycles. The van der Waals surface area contributed by atoms with Gasteiger partial charge in [0.1, 0.15) is 5.69 Å². The van der Waals surface area contributed by atoms with Crippen LogP contribution in [0.1, 0.15) is 65.0 Å². The quantitative estimate of drug-likeness (QED) is 0.753. The van der Waals surface area contributed by atoms with Crippen molar-refractivity contribution in [2.24, 2.45) is 0 Å². The average molecular weight is 398 g/mol. The third kappa shape index (κ3) is 5.03. The molecule has 1 aliphatic rings. The van der Waals surface area contributed by atoms with E-state index in [-0.39, 0.29) is 11.8 Å². The number of aromatic nitrogens is 2. The van der Waals surface area contributed by atoms with E-state index in [0.717, 1.165) is 37.2 Å². The highest BCUT2D eigenvalue weighted by atomic mass is 16.2. The van der Waals surface area contributed by atoms with Crippen LogP contribution in [0.4, 0.5) is 5.69 Å². The lowest BCUT2D eigenvalue weighted by Crippen LogP contribution is -2.32. The molecule has 2 heterocycles. The molecule has 1 aromatic carbocycles. The van der Waals surface area contributed by atoms with Gasteiger partial charge in [-0.15, -0.1) is 0 Å². The molecule has 2 amide bonds. The fourth-order valence-corrected chi connectivity index (χ4v) is 3.51. The van der Waals surface area contributed by atoms with E-state index in [1.807, 2.05) is 47.8 Å². The number of nitrogens with one attached hydrogen (secondary N) is 2. The number of benzene rings is 1. The summed E-state index contributed by atoms with van der Waals surface area (Å²) in [6, 6.07) is 7.85. The number of imidazole rings is 1. The zero-order valence-electron chi connectivity index (χ0n) is 17.8. The van der Waals surface area contributed by atoms with Crippen LogP contribution in [0, 0.1) is 0 Å². The summed E-state index contributed by atoms with van der Waals surface area (Å²) in [5.74, 6) is 0.258. The lowest BCUT2D eigenvalue weighted by Gasteiger charge is -2.17. The first-order chi connectivity index (χ1) is 13.9. The van der Waals surface area contributed by atoms with E-state index >= 15 is 0 Å². The summed E-state index contributed by atoms with van der Waals surface area (Å²) in [6.45, 7) is 6.27. The molecular weight excluding hydrogens is 366 g/mol. The van der Waals surface area contributed by atoms with E-state index in [1.165, 1.54) is 5.56 Å². The number of anilines is 1. The van der Waals surface area contributed by atoms with Crippen LogP contribution in [-0.2, 0) is 13.0 Å². The molecule has 0 radical (unpaired) electrons. The second-order valence-corrected chi connectivity index (χ2v) is 8.13. The van der Waals surface area contributed by atoms with Crippen LogP contribution in [0.25, 0.3) is 0 Å². The fourth-order valence-electron chi connectivity index (χ4n) is 3.51. The van der Waals surface area contributed by atoms with E-state index in [9.17, 15) is 9.59 Å². The highest BCUT2D eigenvalue weighted by Crippen LogP contribution is 2.22. The van der Waals surface area contributed by atoms with Gasteiger partial charge in [0.05, 0.1) is 5.69 Å². The van der Waals surface area contributed by atoms with Crippen molar-refractivity contribution in [2.45, 2.75) is 45.6 Å². The van der Waals surface area contributed by atoms with Crippen LogP contribution in [0.15, 0.2) is 24.3 Å². The van der Waals surface area contributed by atoms with Crippen molar-refractivity contribution in [2.75, 3.05) is 32.5 Å². The summed E-state index contributed by atoms with van der Waals surface area (Å²) < 4.78 is 1.90. The first kappa shape index (κ1) is 21.0. The average Bonchev–Trinajstić information content (AvgIpc) is 3.08. The molecule has 1 aliphatic heterocycles. The van der Waals surface area contributed by atoms with Gasteiger partial charge in [-0.2, -0.15) is 0 Å². The maximum Gasteiger partial charge on any atom is 0.291 e. The Morgan fingerprint density at radius 1 is 1.14 bits per heavy atom. The van der Waals surface area contributed by atoms with E-state index in [2.05, 4.69) is 29.5 Å². The SMILES string of the molecule is CC(C)c1ccc(NC(=O)c2nc(C(=O)NCCN(C)C)c3n2CCCC3)cc1. The normalized spacial score (nSPS) is 13.4. The smallest absolute Gasteiger partial charge is 0.291 e. The molecule has 0 spiro atoms. The Morgan fingerprint density at radius 3 is 2.52 bits per heavy atom. The van der Waals surface area contributed by atoms with Gasteiger partial charge < -0.3 is 20.1 Å². The summed E-state index contributed by atoms with van der Waals surface area (Å²) >= 11 is 0. The number of hydrogen-bond donors (Lipinski definition) is 2. The topological polar surface area (TPSA) is 79.3 Å². The second kappa shape index (κ2) is 9.22. The minimum atomic E-state index is -0.280. The molecule has 0 unspecified atom stereocenters. The molecule has 0 aliphatic carbocycles. The molecule has 2 N–H and O–H groups in total. The fraction of sp³-hybridized carbons (Fsp3) is 0.500. The zero-order valence-corrected chi connectivity index (χ0v) is 17.8. The van der Waals surface area contributed by atoms with Crippen molar-refractivity contribution in [1.82, 2.24) is 19.8 Å². The van der Waals surface area contributed by atoms with Crippen molar-refractivity contribution in [1.29, 1.82) is 0 Å².